The molecule has 1 heterocycles. The molecule has 5 heteroatoms. The molecule has 1 aromatic heterocycles. The predicted molar refractivity (Wildman–Crippen MR) is 101 cm³/mol. The summed E-state index contributed by atoms with van der Waals surface area (Å²) >= 11 is 0. The van der Waals surface area contributed by atoms with Crippen molar-refractivity contribution in [2.45, 2.75) is 0 Å². The second kappa shape index (κ2) is 8.25. The Morgan fingerprint density at radius 2 is 1.62 bits per heavy atom. The third-order valence-electron chi connectivity index (χ3n) is 4.12. The van der Waals surface area contributed by atoms with Crippen LogP contribution in [0, 0.1) is 0 Å². The van der Waals surface area contributed by atoms with Gasteiger partial charge in [0.05, 0.1) is 13.7 Å². The lowest BCUT2D eigenvalue weighted by atomic mass is 10.2. The van der Waals surface area contributed by atoms with Crippen molar-refractivity contribution in [1.82, 2.24) is 9.47 Å². The predicted octanol–water partition coefficient (Wildman–Crippen LogP) is 3.64. The third-order valence-corrected chi connectivity index (χ3v) is 4.12. The second-order valence-electron chi connectivity index (χ2n) is 5.86. The van der Waals surface area contributed by atoms with Gasteiger partial charge in [-0.1, -0.05) is 12.1 Å². The average molecular weight is 350 g/mol. The molecule has 3 aromatic rings. The van der Waals surface area contributed by atoms with E-state index in [1.165, 1.54) is 0 Å². The van der Waals surface area contributed by atoms with Crippen LogP contribution in [0.1, 0.15) is 10.4 Å². The molecule has 0 radical (unpaired) electrons. The number of ether oxygens (including phenoxy) is 2. The first kappa shape index (κ1) is 17.6. The first-order valence-electron chi connectivity index (χ1n) is 8.44. The van der Waals surface area contributed by atoms with Crippen LogP contribution in [0.3, 0.4) is 0 Å². The number of aromatic nitrogens is 1. The number of rotatable bonds is 7. The molecule has 0 aliphatic rings. The highest BCUT2D eigenvalue weighted by atomic mass is 16.5. The van der Waals surface area contributed by atoms with Crippen molar-refractivity contribution in [3.8, 4) is 17.2 Å². The number of hydrogen-bond acceptors (Lipinski definition) is 3. The summed E-state index contributed by atoms with van der Waals surface area (Å²) in [4.78, 5) is 14.2. The molecule has 1 amide bonds. The Balaban J connectivity index is 1.56. The van der Waals surface area contributed by atoms with Crippen LogP contribution in [0.25, 0.3) is 5.69 Å². The van der Waals surface area contributed by atoms with Crippen molar-refractivity contribution < 1.29 is 14.3 Å². The van der Waals surface area contributed by atoms with E-state index in [1.807, 2.05) is 77.6 Å². The summed E-state index contributed by atoms with van der Waals surface area (Å²) in [5.41, 5.74) is 1.68. The summed E-state index contributed by atoms with van der Waals surface area (Å²) in [5, 5.41) is 0. The van der Waals surface area contributed by atoms with Gasteiger partial charge in [-0.2, -0.15) is 0 Å². The Bertz CT molecular complexity index is 842. The SMILES string of the molecule is COc1ccccc1OCCN(C)C(=O)c1ccc(-n2cccc2)cc1. The Kier molecular flexibility index (Phi) is 5.59. The number of carbonyl (C=O) groups excluding carboxylic acids is 1. The number of nitrogens with zero attached hydrogens (tertiary/aromatic N) is 2. The topological polar surface area (TPSA) is 43.7 Å². The molecule has 26 heavy (non-hydrogen) atoms. The quantitative estimate of drug-likeness (QED) is 0.653. The minimum atomic E-state index is -0.0346. The van der Waals surface area contributed by atoms with Gasteiger partial charge in [0, 0.05) is 30.7 Å². The number of hydrogen-bond donors (Lipinski definition) is 0. The molecule has 0 saturated carbocycles. The standard InChI is InChI=1S/C21H22N2O3/c1-22(15-16-26-20-8-4-3-7-19(20)25-2)21(24)17-9-11-18(12-10-17)23-13-5-6-14-23/h3-14H,15-16H2,1-2H3. The van der Waals surface area contributed by atoms with E-state index in [4.69, 9.17) is 9.47 Å². The van der Waals surface area contributed by atoms with E-state index in [2.05, 4.69) is 0 Å². The van der Waals surface area contributed by atoms with Gasteiger partial charge < -0.3 is 18.9 Å². The molecule has 0 bridgehead atoms. The van der Waals surface area contributed by atoms with Crippen LogP contribution in [0.2, 0.25) is 0 Å². The van der Waals surface area contributed by atoms with Crippen LogP contribution < -0.4 is 9.47 Å². The fourth-order valence-corrected chi connectivity index (χ4v) is 2.64. The van der Waals surface area contributed by atoms with Gasteiger partial charge in [0.1, 0.15) is 6.61 Å². The van der Waals surface area contributed by atoms with E-state index in [1.54, 1.807) is 19.1 Å². The smallest absolute Gasteiger partial charge is 0.253 e. The van der Waals surface area contributed by atoms with Crippen LogP contribution in [0.4, 0.5) is 0 Å². The van der Waals surface area contributed by atoms with Crippen molar-refractivity contribution in [3.05, 3.63) is 78.6 Å². The first-order chi connectivity index (χ1) is 12.7. The lowest BCUT2D eigenvalue weighted by Crippen LogP contribution is -2.30. The van der Waals surface area contributed by atoms with Gasteiger partial charge in [-0.15, -0.1) is 0 Å². The van der Waals surface area contributed by atoms with Crippen molar-refractivity contribution in [3.63, 3.8) is 0 Å². The maximum Gasteiger partial charge on any atom is 0.253 e. The van der Waals surface area contributed by atoms with Crippen LogP contribution >= 0.6 is 0 Å². The number of carbonyl (C=O) groups is 1. The molecule has 5 nitrogen and oxygen atoms in total. The first-order valence-corrected chi connectivity index (χ1v) is 8.44. The monoisotopic (exact) mass is 350 g/mol. The molecule has 0 unspecified atom stereocenters. The fourth-order valence-electron chi connectivity index (χ4n) is 2.64. The Hall–Kier alpha value is -3.21. The van der Waals surface area contributed by atoms with Crippen molar-refractivity contribution >= 4 is 5.91 Å². The van der Waals surface area contributed by atoms with Gasteiger partial charge in [0.25, 0.3) is 5.91 Å². The minimum absolute atomic E-state index is 0.0346. The van der Waals surface area contributed by atoms with E-state index < -0.39 is 0 Å². The molecule has 0 aliphatic carbocycles. The highest BCUT2D eigenvalue weighted by Gasteiger charge is 2.12. The summed E-state index contributed by atoms with van der Waals surface area (Å²) in [7, 11) is 3.38. The number of likely N-dealkylation sites (N-methyl/N-ethyl adjacent to an activating group) is 1. The highest BCUT2D eigenvalue weighted by molar-refractivity contribution is 5.94. The van der Waals surface area contributed by atoms with E-state index in [0.717, 1.165) is 5.69 Å². The molecule has 0 aliphatic heterocycles. The second-order valence-corrected chi connectivity index (χ2v) is 5.86. The summed E-state index contributed by atoms with van der Waals surface area (Å²) in [5.74, 6) is 1.32. The molecule has 134 valence electrons. The maximum absolute atomic E-state index is 12.5. The van der Waals surface area contributed by atoms with Crippen LogP contribution in [-0.4, -0.2) is 42.7 Å². The van der Waals surface area contributed by atoms with E-state index in [0.29, 0.717) is 30.2 Å². The molecular weight excluding hydrogens is 328 g/mol. The van der Waals surface area contributed by atoms with Crippen molar-refractivity contribution in [2.24, 2.45) is 0 Å². The van der Waals surface area contributed by atoms with E-state index in [9.17, 15) is 4.79 Å². The minimum Gasteiger partial charge on any atom is -0.493 e. The third kappa shape index (κ3) is 4.06. The lowest BCUT2D eigenvalue weighted by Gasteiger charge is -2.18. The molecule has 0 N–H and O–H groups in total. The van der Waals surface area contributed by atoms with E-state index in [-0.39, 0.29) is 5.91 Å². The fraction of sp³-hybridized carbons (Fsp3) is 0.190. The van der Waals surface area contributed by atoms with Crippen LogP contribution in [-0.2, 0) is 0 Å². The van der Waals surface area contributed by atoms with Gasteiger partial charge in [-0.3, -0.25) is 4.79 Å². The molecular formula is C21H22N2O3. The van der Waals surface area contributed by atoms with Crippen LogP contribution in [0.15, 0.2) is 73.1 Å². The van der Waals surface area contributed by atoms with Crippen molar-refractivity contribution in [2.75, 3.05) is 27.3 Å². The number of methoxy groups -OCH3 is 1. The highest BCUT2D eigenvalue weighted by Crippen LogP contribution is 2.25. The van der Waals surface area contributed by atoms with Gasteiger partial charge in [0.15, 0.2) is 11.5 Å². The summed E-state index contributed by atoms with van der Waals surface area (Å²) < 4.78 is 13.0. The number of para-hydroxylation sites is 2. The van der Waals surface area contributed by atoms with Gasteiger partial charge >= 0.3 is 0 Å². The van der Waals surface area contributed by atoms with Gasteiger partial charge in [-0.05, 0) is 48.5 Å². The van der Waals surface area contributed by atoms with Crippen molar-refractivity contribution in [1.29, 1.82) is 0 Å². The Morgan fingerprint density at radius 3 is 2.27 bits per heavy atom. The molecule has 0 saturated heterocycles. The van der Waals surface area contributed by atoms with Crippen LogP contribution in [0.5, 0.6) is 11.5 Å². The zero-order chi connectivity index (χ0) is 18.4. The Morgan fingerprint density at radius 1 is 0.962 bits per heavy atom. The summed E-state index contributed by atoms with van der Waals surface area (Å²) in [6, 6.07) is 19.0. The van der Waals surface area contributed by atoms with Gasteiger partial charge in [-0.25, -0.2) is 0 Å². The van der Waals surface area contributed by atoms with Gasteiger partial charge in [0.2, 0.25) is 0 Å². The number of benzene rings is 2. The molecule has 0 atom stereocenters. The maximum atomic E-state index is 12.5. The molecule has 0 spiro atoms. The summed E-state index contributed by atoms with van der Waals surface area (Å²) in [6.45, 7) is 0.875. The molecule has 2 aromatic carbocycles. The Labute approximate surface area is 153 Å². The summed E-state index contributed by atoms with van der Waals surface area (Å²) in [6.07, 6.45) is 3.94. The van der Waals surface area contributed by atoms with E-state index >= 15 is 0 Å². The number of amides is 1. The normalized spacial score (nSPS) is 10.4. The zero-order valence-corrected chi connectivity index (χ0v) is 15.0. The molecule has 0 fully saturated rings. The zero-order valence-electron chi connectivity index (χ0n) is 15.0. The lowest BCUT2D eigenvalue weighted by molar-refractivity contribution is 0.0773. The average Bonchev–Trinajstić information content (AvgIpc) is 3.22. The molecule has 3 rings (SSSR count). The largest absolute Gasteiger partial charge is 0.493 e.